The molecule has 1 heterocycles. The van der Waals surface area contributed by atoms with E-state index in [1.54, 1.807) is 11.0 Å². The number of thioether (sulfide) groups is 1. The third-order valence-corrected chi connectivity index (χ3v) is 5.75. The summed E-state index contributed by atoms with van der Waals surface area (Å²) in [7, 11) is -2.98. The van der Waals surface area contributed by atoms with Crippen LogP contribution in [0.25, 0.3) is 0 Å². The van der Waals surface area contributed by atoms with Gasteiger partial charge in [0.25, 0.3) is 10.0 Å². The average molecular weight is 421 g/mol. The number of benzene rings is 1. The van der Waals surface area contributed by atoms with Gasteiger partial charge in [-0.05, 0) is 24.8 Å². The fourth-order valence-electron chi connectivity index (χ4n) is 2.01. The summed E-state index contributed by atoms with van der Waals surface area (Å²) in [6, 6.07) is 3.10. The molecule has 0 fully saturated rings. The molecule has 0 aliphatic carbocycles. The summed E-state index contributed by atoms with van der Waals surface area (Å²) in [4.78, 5) is 23.9. The molecule has 0 aliphatic heterocycles. The van der Waals surface area contributed by atoms with Crippen molar-refractivity contribution in [1.82, 2.24) is 19.1 Å². The van der Waals surface area contributed by atoms with Crippen LogP contribution >= 0.6 is 23.4 Å². The van der Waals surface area contributed by atoms with Gasteiger partial charge in [0.15, 0.2) is 5.16 Å². The molecular weight excluding hydrogens is 404 g/mol. The van der Waals surface area contributed by atoms with E-state index in [0.717, 1.165) is 16.3 Å². The second kappa shape index (κ2) is 8.14. The van der Waals surface area contributed by atoms with Gasteiger partial charge in [-0.25, -0.2) is 22.7 Å². The summed E-state index contributed by atoms with van der Waals surface area (Å²) < 4.78 is 34.0. The number of ether oxygens (including phenoxy) is 1. The molecule has 0 radical (unpaired) electrons. The van der Waals surface area contributed by atoms with Crippen LogP contribution in [0.1, 0.15) is 13.3 Å². The van der Waals surface area contributed by atoms with Gasteiger partial charge in [0.05, 0.1) is 11.6 Å². The van der Waals surface area contributed by atoms with Gasteiger partial charge in [-0.2, -0.15) is 0 Å². The zero-order valence-corrected chi connectivity index (χ0v) is 16.6. The molecule has 0 atom stereocenters. The van der Waals surface area contributed by atoms with E-state index in [2.05, 4.69) is 5.10 Å². The van der Waals surface area contributed by atoms with Gasteiger partial charge in [-0.3, -0.25) is 4.57 Å². The molecule has 1 N–H and O–H groups in total. The molecule has 0 saturated carbocycles. The van der Waals surface area contributed by atoms with Crippen LogP contribution in [0.15, 0.2) is 33.0 Å². The number of hydrogen-bond donors (Lipinski definition) is 1. The molecule has 1 amide bonds. The van der Waals surface area contributed by atoms with Crippen molar-refractivity contribution in [3.05, 3.63) is 33.7 Å². The highest BCUT2D eigenvalue weighted by Gasteiger charge is 2.28. The van der Waals surface area contributed by atoms with Crippen LogP contribution in [-0.2, 0) is 17.1 Å². The van der Waals surface area contributed by atoms with Crippen LogP contribution in [0.3, 0.4) is 0 Å². The predicted molar refractivity (Wildman–Crippen MR) is 97.6 cm³/mol. The van der Waals surface area contributed by atoms with Crippen molar-refractivity contribution in [2.45, 2.75) is 23.4 Å². The first-order valence-corrected chi connectivity index (χ1v) is 10.5. The van der Waals surface area contributed by atoms with Gasteiger partial charge in [-0.15, -0.1) is 9.78 Å². The molecule has 26 heavy (non-hydrogen) atoms. The topological polar surface area (TPSA) is 112 Å². The first-order valence-electron chi connectivity index (χ1n) is 7.41. The Morgan fingerprint density at radius 2 is 2.12 bits per heavy atom. The van der Waals surface area contributed by atoms with E-state index in [1.807, 2.05) is 6.92 Å². The van der Waals surface area contributed by atoms with Crippen molar-refractivity contribution in [2.24, 2.45) is 7.05 Å². The minimum absolute atomic E-state index is 0.0119. The lowest BCUT2D eigenvalue weighted by molar-refractivity contribution is 0.243. The Labute approximate surface area is 159 Å². The molecule has 0 unspecified atom stereocenters. The standard InChI is InChI=1S/C14H17ClN4O5S2/c1-4-8-24-10-7-5-6-9(15)11(10)26(22,23)17-12(20)19-14(21)18(2)13(16-19)25-3/h5-7H,4,8H2,1-3H3,(H,17,20). The molecule has 1 aromatic carbocycles. The third kappa shape index (κ3) is 4.05. The summed E-state index contributed by atoms with van der Waals surface area (Å²) in [5.74, 6) is 0.0119. The predicted octanol–water partition coefficient (Wildman–Crippen LogP) is 1.69. The van der Waals surface area contributed by atoms with E-state index in [4.69, 9.17) is 16.3 Å². The summed E-state index contributed by atoms with van der Waals surface area (Å²) >= 11 is 7.14. The number of aromatic nitrogens is 3. The zero-order chi connectivity index (χ0) is 19.5. The minimum atomic E-state index is -4.40. The van der Waals surface area contributed by atoms with Crippen molar-refractivity contribution in [3.63, 3.8) is 0 Å². The molecule has 0 aliphatic rings. The Morgan fingerprint density at radius 3 is 2.69 bits per heavy atom. The second-order valence-electron chi connectivity index (χ2n) is 5.07. The van der Waals surface area contributed by atoms with Gasteiger partial charge in [0, 0.05) is 7.05 Å². The van der Waals surface area contributed by atoms with Crippen molar-refractivity contribution in [1.29, 1.82) is 0 Å². The summed E-state index contributed by atoms with van der Waals surface area (Å²) in [5.41, 5.74) is -0.774. The van der Waals surface area contributed by atoms with E-state index in [0.29, 0.717) is 11.1 Å². The zero-order valence-electron chi connectivity index (χ0n) is 14.2. The average Bonchev–Trinajstić information content (AvgIpc) is 2.87. The van der Waals surface area contributed by atoms with Gasteiger partial charge in [0.2, 0.25) is 0 Å². The highest BCUT2D eigenvalue weighted by Crippen LogP contribution is 2.31. The van der Waals surface area contributed by atoms with Crippen LogP contribution in [-0.4, -0.2) is 41.7 Å². The normalized spacial score (nSPS) is 11.4. The van der Waals surface area contributed by atoms with Crippen molar-refractivity contribution < 1.29 is 17.9 Å². The second-order valence-corrected chi connectivity index (χ2v) is 7.87. The molecule has 1 aromatic heterocycles. The molecule has 2 aromatic rings. The fraction of sp³-hybridized carbons (Fsp3) is 0.357. The van der Waals surface area contributed by atoms with Crippen molar-refractivity contribution in [3.8, 4) is 5.75 Å². The van der Waals surface area contributed by atoms with E-state index >= 15 is 0 Å². The van der Waals surface area contributed by atoms with Crippen molar-refractivity contribution >= 4 is 39.4 Å². The van der Waals surface area contributed by atoms with Crippen LogP contribution in [0.5, 0.6) is 5.75 Å². The summed E-state index contributed by atoms with van der Waals surface area (Å²) in [5, 5.41) is 3.93. The highest BCUT2D eigenvalue weighted by molar-refractivity contribution is 7.98. The lowest BCUT2D eigenvalue weighted by Gasteiger charge is -2.13. The maximum absolute atomic E-state index is 12.6. The first kappa shape index (κ1) is 20.3. The molecule has 0 spiro atoms. The lowest BCUT2D eigenvalue weighted by atomic mass is 10.3. The largest absolute Gasteiger partial charge is 0.492 e. The first-order chi connectivity index (χ1) is 12.2. The number of hydrogen-bond acceptors (Lipinski definition) is 7. The van der Waals surface area contributed by atoms with Gasteiger partial charge < -0.3 is 4.74 Å². The number of rotatable bonds is 6. The van der Waals surface area contributed by atoms with Crippen LogP contribution < -0.4 is 15.1 Å². The molecular formula is C14H17ClN4O5S2. The number of sulfonamides is 1. The van der Waals surface area contributed by atoms with Crippen molar-refractivity contribution in [2.75, 3.05) is 12.9 Å². The number of halogens is 1. The molecule has 12 heteroatoms. The lowest BCUT2D eigenvalue weighted by Crippen LogP contribution is -2.40. The van der Waals surface area contributed by atoms with Gasteiger partial charge in [-0.1, -0.05) is 36.4 Å². The highest BCUT2D eigenvalue weighted by atomic mass is 35.5. The number of amides is 1. The monoisotopic (exact) mass is 420 g/mol. The van der Waals surface area contributed by atoms with Crippen LogP contribution in [0, 0.1) is 0 Å². The third-order valence-electron chi connectivity index (χ3n) is 3.20. The Kier molecular flexibility index (Phi) is 6.37. The number of nitrogens with zero attached hydrogens (tertiary/aromatic N) is 3. The Hall–Kier alpha value is -1.98. The Balaban J connectivity index is 2.41. The summed E-state index contributed by atoms with van der Waals surface area (Å²) in [6.45, 7) is 2.13. The number of nitrogens with one attached hydrogen (secondary N) is 1. The number of carbonyl (C=O) groups excluding carboxylic acids is 1. The Bertz CT molecular complexity index is 984. The van der Waals surface area contributed by atoms with E-state index in [1.165, 1.54) is 25.2 Å². The molecule has 9 nitrogen and oxygen atoms in total. The van der Waals surface area contributed by atoms with Gasteiger partial charge >= 0.3 is 11.7 Å². The number of carbonyl (C=O) groups is 1. The van der Waals surface area contributed by atoms with E-state index in [9.17, 15) is 18.0 Å². The SMILES string of the molecule is CCCOc1cccc(Cl)c1S(=O)(=O)NC(=O)n1nc(SC)n(C)c1=O. The summed E-state index contributed by atoms with van der Waals surface area (Å²) in [6.07, 6.45) is 2.32. The van der Waals surface area contributed by atoms with Gasteiger partial charge in [0.1, 0.15) is 10.6 Å². The molecule has 142 valence electrons. The maximum atomic E-state index is 12.6. The maximum Gasteiger partial charge on any atom is 0.360 e. The van der Waals surface area contributed by atoms with E-state index in [-0.39, 0.29) is 27.4 Å². The minimum Gasteiger partial charge on any atom is -0.492 e. The fourth-order valence-corrected chi connectivity index (χ4v) is 4.13. The molecule has 2 rings (SSSR count). The smallest absolute Gasteiger partial charge is 0.360 e. The Morgan fingerprint density at radius 1 is 1.42 bits per heavy atom. The molecule has 0 bridgehead atoms. The van der Waals surface area contributed by atoms with Crippen LogP contribution in [0.2, 0.25) is 5.02 Å². The van der Waals surface area contributed by atoms with Crippen LogP contribution in [0.4, 0.5) is 4.79 Å². The molecule has 0 saturated heterocycles. The quantitative estimate of drug-likeness (QED) is 0.707. The van der Waals surface area contributed by atoms with E-state index < -0.39 is 21.7 Å².